The monoisotopic (exact) mass is 276 g/mol. The van der Waals surface area contributed by atoms with E-state index in [1.165, 1.54) is 12.1 Å². The molecule has 7 heteroatoms. The lowest BCUT2D eigenvalue weighted by Crippen LogP contribution is -2.35. The molecule has 0 aliphatic rings. The molecule has 0 aliphatic carbocycles. The predicted molar refractivity (Wildman–Crippen MR) is 70.9 cm³/mol. The van der Waals surface area contributed by atoms with Gasteiger partial charge in [0.25, 0.3) is 0 Å². The summed E-state index contributed by atoms with van der Waals surface area (Å²) in [6, 6.07) is 8.02. The number of anilines is 1. The number of aliphatic carboxylic acids is 2. The molecular formula is C13H12N2O5. The first kappa shape index (κ1) is 13.6. The molecule has 0 fully saturated rings. The number of aromatic nitrogens is 1. The van der Waals surface area contributed by atoms with Gasteiger partial charge in [-0.15, -0.1) is 0 Å². The van der Waals surface area contributed by atoms with Gasteiger partial charge in [0.2, 0.25) is 0 Å². The zero-order chi connectivity index (χ0) is 14.7. The third-order valence-corrected chi connectivity index (χ3v) is 2.66. The van der Waals surface area contributed by atoms with Gasteiger partial charge in [-0.1, -0.05) is 12.1 Å². The average molecular weight is 276 g/mol. The van der Waals surface area contributed by atoms with Crippen molar-refractivity contribution in [1.29, 1.82) is 0 Å². The molecule has 1 aromatic heterocycles. The molecule has 0 aliphatic heterocycles. The number of carboxylic acids is 2. The van der Waals surface area contributed by atoms with Gasteiger partial charge in [0.15, 0.2) is 0 Å². The maximum atomic E-state index is 10.8. The first-order valence-corrected chi connectivity index (χ1v) is 5.74. The molecule has 1 aromatic carbocycles. The van der Waals surface area contributed by atoms with Crippen LogP contribution < -0.4 is 4.90 Å². The zero-order valence-electron chi connectivity index (χ0n) is 10.4. The lowest BCUT2D eigenvalue weighted by molar-refractivity contribution is -0.136. The summed E-state index contributed by atoms with van der Waals surface area (Å²) in [6.45, 7) is -0.975. The van der Waals surface area contributed by atoms with E-state index in [2.05, 4.69) is 4.98 Å². The molecule has 0 spiro atoms. The first-order chi connectivity index (χ1) is 9.47. The van der Waals surface area contributed by atoms with E-state index in [0.717, 1.165) is 4.90 Å². The Balaban J connectivity index is 2.44. The van der Waals surface area contributed by atoms with Crippen LogP contribution in [0.4, 0.5) is 5.82 Å². The number of para-hydroxylation sites is 1. The second-order valence-corrected chi connectivity index (χ2v) is 4.16. The standard InChI is InChI=1S/C13H12N2O5/c16-9-3-1-2-8-4-5-10(14-13(8)9)15(6-11(17)18)7-12(19)20/h1-5,16H,6-7H2,(H,17,18)(H,19,20). The minimum atomic E-state index is -1.16. The number of pyridine rings is 1. The summed E-state index contributed by atoms with van der Waals surface area (Å²) in [7, 11) is 0. The van der Waals surface area contributed by atoms with Crippen LogP contribution in [0.2, 0.25) is 0 Å². The molecule has 0 unspecified atom stereocenters. The zero-order valence-corrected chi connectivity index (χ0v) is 10.4. The lowest BCUT2D eigenvalue weighted by Gasteiger charge is -2.19. The quantitative estimate of drug-likeness (QED) is 0.744. The maximum absolute atomic E-state index is 10.8. The Bertz CT molecular complexity index is 655. The molecular weight excluding hydrogens is 264 g/mol. The van der Waals surface area contributed by atoms with Gasteiger partial charge in [0.1, 0.15) is 30.2 Å². The van der Waals surface area contributed by atoms with Crippen LogP contribution in [-0.4, -0.2) is 45.3 Å². The highest BCUT2D eigenvalue weighted by Gasteiger charge is 2.16. The minimum Gasteiger partial charge on any atom is -0.506 e. The van der Waals surface area contributed by atoms with Crippen LogP contribution >= 0.6 is 0 Å². The van der Waals surface area contributed by atoms with Gasteiger partial charge >= 0.3 is 11.9 Å². The van der Waals surface area contributed by atoms with Crippen molar-refractivity contribution in [1.82, 2.24) is 4.98 Å². The number of hydrogen-bond acceptors (Lipinski definition) is 5. The van der Waals surface area contributed by atoms with Crippen molar-refractivity contribution in [2.45, 2.75) is 0 Å². The minimum absolute atomic E-state index is 0.0463. The van der Waals surface area contributed by atoms with Crippen molar-refractivity contribution in [3.63, 3.8) is 0 Å². The molecule has 0 saturated heterocycles. The number of carboxylic acid groups (broad SMARTS) is 2. The number of fused-ring (bicyclic) bond motifs is 1. The van der Waals surface area contributed by atoms with Gasteiger partial charge in [-0.25, -0.2) is 4.98 Å². The third kappa shape index (κ3) is 2.94. The van der Waals surface area contributed by atoms with Crippen LogP contribution in [-0.2, 0) is 9.59 Å². The van der Waals surface area contributed by atoms with E-state index in [1.54, 1.807) is 18.2 Å². The molecule has 2 aromatic rings. The second-order valence-electron chi connectivity index (χ2n) is 4.16. The predicted octanol–water partition coefficient (Wildman–Crippen LogP) is 0.916. The highest BCUT2D eigenvalue weighted by atomic mass is 16.4. The van der Waals surface area contributed by atoms with E-state index >= 15 is 0 Å². The number of benzene rings is 1. The highest BCUT2D eigenvalue weighted by molar-refractivity contribution is 5.86. The molecule has 3 N–H and O–H groups in total. The van der Waals surface area contributed by atoms with Gasteiger partial charge < -0.3 is 20.2 Å². The molecule has 2 rings (SSSR count). The second kappa shape index (κ2) is 5.43. The highest BCUT2D eigenvalue weighted by Crippen LogP contribution is 2.25. The van der Waals surface area contributed by atoms with Crippen LogP contribution in [0.5, 0.6) is 5.75 Å². The van der Waals surface area contributed by atoms with Crippen molar-refractivity contribution in [3.05, 3.63) is 30.3 Å². The molecule has 1 heterocycles. The third-order valence-electron chi connectivity index (χ3n) is 2.66. The van der Waals surface area contributed by atoms with E-state index in [9.17, 15) is 14.7 Å². The Morgan fingerprint density at radius 3 is 2.30 bits per heavy atom. The Hall–Kier alpha value is -2.83. The number of aromatic hydroxyl groups is 1. The van der Waals surface area contributed by atoms with Crippen LogP contribution in [0.15, 0.2) is 30.3 Å². The van der Waals surface area contributed by atoms with E-state index in [4.69, 9.17) is 10.2 Å². The van der Waals surface area contributed by atoms with Gasteiger partial charge in [0.05, 0.1) is 0 Å². The lowest BCUT2D eigenvalue weighted by atomic mass is 10.2. The Kier molecular flexibility index (Phi) is 3.69. The molecule has 0 bridgehead atoms. The van der Waals surface area contributed by atoms with E-state index < -0.39 is 25.0 Å². The van der Waals surface area contributed by atoms with E-state index in [1.807, 2.05) is 0 Å². The first-order valence-electron chi connectivity index (χ1n) is 5.74. The van der Waals surface area contributed by atoms with Crippen molar-refractivity contribution in [3.8, 4) is 5.75 Å². The molecule has 104 valence electrons. The molecule has 0 amide bonds. The molecule has 20 heavy (non-hydrogen) atoms. The summed E-state index contributed by atoms with van der Waals surface area (Å²) >= 11 is 0. The topological polar surface area (TPSA) is 111 Å². The van der Waals surface area contributed by atoms with Gasteiger partial charge in [-0.3, -0.25) is 9.59 Å². The Morgan fingerprint density at radius 2 is 1.70 bits per heavy atom. The van der Waals surface area contributed by atoms with Gasteiger partial charge in [-0.05, 0) is 18.2 Å². The molecule has 0 saturated carbocycles. The Morgan fingerprint density at radius 1 is 1.05 bits per heavy atom. The average Bonchev–Trinajstić information content (AvgIpc) is 2.37. The number of nitrogens with zero attached hydrogens (tertiary/aromatic N) is 2. The van der Waals surface area contributed by atoms with Crippen molar-refractivity contribution in [2.75, 3.05) is 18.0 Å². The van der Waals surface area contributed by atoms with Gasteiger partial charge in [0, 0.05) is 5.39 Å². The van der Waals surface area contributed by atoms with E-state index in [0.29, 0.717) is 10.9 Å². The largest absolute Gasteiger partial charge is 0.506 e. The number of carbonyl (C=O) groups is 2. The smallest absolute Gasteiger partial charge is 0.323 e. The number of rotatable bonds is 5. The molecule has 0 atom stereocenters. The van der Waals surface area contributed by atoms with E-state index in [-0.39, 0.29) is 11.6 Å². The van der Waals surface area contributed by atoms with Crippen LogP contribution in [0.1, 0.15) is 0 Å². The van der Waals surface area contributed by atoms with Crippen molar-refractivity contribution < 1.29 is 24.9 Å². The van der Waals surface area contributed by atoms with Crippen LogP contribution in [0, 0.1) is 0 Å². The van der Waals surface area contributed by atoms with Crippen molar-refractivity contribution >= 4 is 28.7 Å². The van der Waals surface area contributed by atoms with Gasteiger partial charge in [-0.2, -0.15) is 0 Å². The number of hydrogen-bond donors (Lipinski definition) is 3. The maximum Gasteiger partial charge on any atom is 0.323 e. The van der Waals surface area contributed by atoms with Crippen LogP contribution in [0.3, 0.4) is 0 Å². The van der Waals surface area contributed by atoms with Crippen molar-refractivity contribution in [2.24, 2.45) is 0 Å². The SMILES string of the molecule is O=C(O)CN(CC(=O)O)c1ccc2cccc(O)c2n1. The summed E-state index contributed by atoms with van der Waals surface area (Å²) in [5, 5.41) is 28.0. The molecule has 0 radical (unpaired) electrons. The summed E-state index contributed by atoms with van der Waals surface area (Å²) in [6.07, 6.45) is 0. The summed E-state index contributed by atoms with van der Waals surface area (Å²) in [4.78, 5) is 26.8. The normalized spacial score (nSPS) is 10.4. The fourth-order valence-electron chi connectivity index (χ4n) is 1.84. The summed E-state index contributed by atoms with van der Waals surface area (Å²) in [5.41, 5.74) is 0.297. The Labute approximate surface area is 113 Å². The summed E-state index contributed by atoms with van der Waals surface area (Å²) < 4.78 is 0. The fourth-order valence-corrected chi connectivity index (χ4v) is 1.84. The van der Waals surface area contributed by atoms with Crippen LogP contribution in [0.25, 0.3) is 10.9 Å². The number of phenolic OH excluding ortho intramolecular Hbond substituents is 1. The fraction of sp³-hybridized carbons (Fsp3) is 0.154. The summed E-state index contributed by atoms with van der Waals surface area (Å²) in [5.74, 6) is -2.19. The number of phenols is 1. The molecule has 7 nitrogen and oxygen atoms in total.